The summed E-state index contributed by atoms with van der Waals surface area (Å²) < 4.78 is 11.0. The Hall–Kier alpha value is -0.650. The molecule has 118 valence electrons. The highest BCUT2D eigenvalue weighted by Gasteiger charge is 2.20. The minimum absolute atomic E-state index is 0.318. The van der Waals surface area contributed by atoms with Crippen LogP contribution in [0.3, 0.4) is 0 Å². The number of ether oxygens (including phenoxy) is 2. The van der Waals surface area contributed by atoms with E-state index in [9.17, 15) is 5.11 Å². The molecule has 4 nitrogen and oxygen atoms in total. The van der Waals surface area contributed by atoms with Crippen LogP contribution in [0.15, 0.2) is 24.3 Å². The van der Waals surface area contributed by atoms with Gasteiger partial charge in [0.05, 0.1) is 25.9 Å². The quantitative estimate of drug-likeness (QED) is 0.615. The highest BCUT2D eigenvalue weighted by molar-refractivity contribution is 6.30. The number of rotatable bonds is 11. The van der Waals surface area contributed by atoms with Gasteiger partial charge in [-0.3, -0.25) is 0 Å². The average molecular weight is 314 g/mol. The third-order valence-corrected chi connectivity index (χ3v) is 3.60. The first-order valence-electron chi connectivity index (χ1n) is 7.53. The highest BCUT2D eigenvalue weighted by Crippen LogP contribution is 2.28. The fourth-order valence-corrected chi connectivity index (χ4v) is 2.03. The molecule has 5 heteroatoms. The summed E-state index contributed by atoms with van der Waals surface area (Å²) >= 11 is 5.81. The maximum atomic E-state index is 9.78. The molecule has 1 aliphatic rings. The summed E-state index contributed by atoms with van der Waals surface area (Å²) in [6.45, 7) is 3.68. The number of aliphatic hydroxyl groups excluding tert-OH is 1. The Morgan fingerprint density at radius 2 is 2.00 bits per heavy atom. The van der Waals surface area contributed by atoms with Crippen molar-refractivity contribution in [1.29, 1.82) is 0 Å². The molecule has 0 amide bonds. The molecule has 1 fully saturated rings. The van der Waals surface area contributed by atoms with Crippen LogP contribution in [0.25, 0.3) is 0 Å². The van der Waals surface area contributed by atoms with E-state index in [2.05, 4.69) is 5.32 Å². The van der Waals surface area contributed by atoms with Crippen LogP contribution in [0.2, 0.25) is 5.02 Å². The maximum Gasteiger partial charge on any atom is 0.0897 e. The molecule has 0 saturated heterocycles. The summed E-state index contributed by atoms with van der Waals surface area (Å²) in [5.74, 6) is 0.803. The molecular formula is C16H24ClNO3. The average Bonchev–Trinajstić information content (AvgIpc) is 3.29. The van der Waals surface area contributed by atoms with Gasteiger partial charge in [0.2, 0.25) is 0 Å². The molecule has 1 aliphatic carbocycles. The van der Waals surface area contributed by atoms with Gasteiger partial charge in [-0.05, 0) is 36.5 Å². The van der Waals surface area contributed by atoms with E-state index in [4.69, 9.17) is 21.1 Å². The van der Waals surface area contributed by atoms with Gasteiger partial charge in [-0.15, -0.1) is 0 Å². The number of nitrogens with one attached hydrogen (secondary N) is 1. The second-order valence-corrected chi connectivity index (χ2v) is 5.95. The van der Waals surface area contributed by atoms with Gasteiger partial charge in [-0.2, -0.15) is 0 Å². The van der Waals surface area contributed by atoms with Crippen LogP contribution in [0.1, 0.15) is 18.4 Å². The molecule has 1 aromatic rings. The van der Waals surface area contributed by atoms with Crippen LogP contribution in [-0.4, -0.2) is 44.1 Å². The molecular weight excluding hydrogens is 290 g/mol. The Labute approximate surface area is 131 Å². The molecule has 0 aromatic heterocycles. The van der Waals surface area contributed by atoms with Gasteiger partial charge in [0.1, 0.15) is 0 Å². The van der Waals surface area contributed by atoms with Gasteiger partial charge in [0, 0.05) is 24.7 Å². The van der Waals surface area contributed by atoms with Gasteiger partial charge in [-0.1, -0.05) is 23.7 Å². The molecule has 0 aliphatic heterocycles. The van der Waals surface area contributed by atoms with Crippen LogP contribution in [-0.2, 0) is 16.1 Å². The summed E-state index contributed by atoms with van der Waals surface area (Å²) in [6.07, 6.45) is 2.13. The number of aliphatic hydroxyl groups is 1. The number of benzene rings is 1. The first kappa shape index (κ1) is 16.7. The van der Waals surface area contributed by atoms with Crippen LogP contribution >= 0.6 is 11.6 Å². The van der Waals surface area contributed by atoms with Gasteiger partial charge >= 0.3 is 0 Å². The molecule has 1 unspecified atom stereocenters. The Kier molecular flexibility index (Phi) is 7.47. The molecule has 0 bridgehead atoms. The van der Waals surface area contributed by atoms with Crippen molar-refractivity contribution in [3.8, 4) is 0 Å². The molecule has 2 N–H and O–H groups in total. The molecule has 1 atom stereocenters. The summed E-state index contributed by atoms with van der Waals surface area (Å²) in [4.78, 5) is 0. The lowest BCUT2D eigenvalue weighted by Crippen LogP contribution is -2.32. The minimum atomic E-state index is -0.499. The Morgan fingerprint density at radius 1 is 1.24 bits per heavy atom. The lowest BCUT2D eigenvalue weighted by Gasteiger charge is -2.12. The minimum Gasteiger partial charge on any atom is -0.389 e. The highest BCUT2D eigenvalue weighted by atomic mass is 35.5. The summed E-state index contributed by atoms with van der Waals surface area (Å²) in [5, 5.41) is 13.7. The normalized spacial score (nSPS) is 16.1. The largest absolute Gasteiger partial charge is 0.389 e. The molecule has 0 radical (unpaired) electrons. The second-order valence-electron chi connectivity index (χ2n) is 5.52. The van der Waals surface area contributed by atoms with E-state index < -0.39 is 6.10 Å². The van der Waals surface area contributed by atoms with Gasteiger partial charge in [0.25, 0.3) is 0 Å². The second kappa shape index (κ2) is 9.38. The van der Waals surface area contributed by atoms with Crippen molar-refractivity contribution >= 4 is 11.6 Å². The Bertz CT molecular complexity index is 395. The first-order chi connectivity index (χ1) is 10.2. The number of hydrogen-bond acceptors (Lipinski definition) is 4. The zero-order valence-corrected chi connectivity index (χ0v) is 13.0. The van der Waals surface area contributed by atoms with Gasteiger partial charge in [-0.25, -0.2) is 0 Å². The van der Waals surface area contributed by atoms with E-state index >= 15 is 0 Å². The van der Waals surface area contributed by atoms with Crippen molar-refractivity contribution in [2.75, 3.05) is 32.9 Å². The van der Waals surface area contributed by atoms with E-state index in [1.165, 1.54) is 12.8 Å². The van der Waals surface area contributed by atoms with Crippen LogP contribution < -0.4 is 5.32 Å². The van der Waals surface area contributed by atoms with Gasteiger partial charge < -0.3 is 19.9 Å². The van der Waals surface area contributed by atoms with E-state index in [1.54, 1.807) is 0 Å². The molecule has 1 aromatic carbocycles. The van der Waals surface area contributed by atoms with E-state index in [1.807, 2.05) is 24.3 Å². The van der Waals surface area contributed by atoms with Crippen LogP contribution in [0.5, 0.6) is 0 Å². The van der Waals surface area contributed by atoms with Crippen molar-refractivity contribution in [2.45, 2.75) is 25.6 Å². The van der Waals surface area contributed by atoms with Crippen molar-refractivity contribution in [3.05, 3.63) is 34.9 Å². The van der Waals surface area contributed by atoms with Crippen molar-refractivity contribution in [2.24, 2.45) is 5.92 Å². The molecule has 0 heterocycles. The predicted octanol–water partition coefficient (Wildman–Crippen LogP) is 2.23. The zero-order valence-electron chi connectivity index (χ0n) is 12.3. The fourth-order valence-electron chi connectivity index (χ4n) is 1.90. The Balaban J connectivity index is 1.43. The summed E-state index contributed by atoms with van der Waals surface area (Å²) in [7, 11) is 0. The summed E-state index contributed by atoms with van der Waals surface area (Å²) in [6, 6.07) is 7.51. The molecule has 21 heavy (non-hydrogen) atoms. The van der Waals surface area contributed by atoms with Crippen LogP contribution in [0, 0.1) is 5.92 Å². The zero-order chi connectivity index (χ0) is 14.9. The standard InChI is InChI=1S/C16H24ClNO3/c17-15-5-3-14(4-6-15)11-21-12-16(19)9-18-7-8-20-10-13-1-2-13/h3-6,13,16,18-19H,1-2,7-12H2. The summed E-state index contributed by atoms with van der Waals surface area (Å²) in [5.41, 5.74) is 1.05. The van der Waals surface area contributed by atoms with E-state index in [0.29, 0.717) is 31.4 Å². The van der Waals surface area contributed by atoms with E-state index in [-0.39, 0.29) is 0 Å². The fraction of sp³-hybridized carbons (Fsp3) is 0.625. The smallest absolute Gasteiger partial charge is 0.0897 e. The van der Waals surface area contributed by atoms with Crippen LogP contribution in [0.4, 0.5) is 0 Å². The Morgan fingerprint density at radius 3 is 2.71 bits per heavy atom. The first-order valence-corrected chi connectivity index (χ1v) is 7.90. The SMILES string of the molecule is OC(CNCCOCC1CC1)COCc1ccc(Cl)cc1. The van der Waals surface area contributed by atoms with Crippen molar-refractivity contribution in [3.63, 3.8) is 0 Å². The lowest BCUT2D eigenvalue weighted by atomic mass is 10.2. The molecule has 2 rings (SSSR count). The van der Waals surface area contributed by atoms with Crippen molar-refractivity contribution in [1.82, 2.24) is 5.32 Å². The van der Waals surface area contributed by atoms with Crippen molar-refractivity contribution < 1.29 is 14.6 Å². The maximum absolute atomic E-state index is 9.78. The third kappa shape index (κ3) is 7.79. The molecule has 0 spiro atoms. The van der Waals surface area contributed by atoms with E-state index in [0.717, 1.165) is 24.6 Å². The lowest BCUT2D eigenvalue weighted by molar-refractivity contribution is 0.0277. The monoisotopic (exact) mass is 313 g/mol. The number of halogens is 1. The molecule has 1 saturated carbocycles. The third-order valence-electron chi connectivity index (χ3n) is 3.35. The predicted molar refractivity (Wildman–Crippen MR) is 83.5 cm³/mol. The number of hydrogen-bond donors (Lipinski definition) is 2. The topological polar surface area (TPSA) is 50.7 Å². The van der Waals surface area contributed by atoms with Gasteiger partial charge in [0.15, 0.2) is 0 Å².